The topological polar surface area (TPSA) is 57.2 Å². The first-order valence-electron chi connectivity index (χ1n) is 7.30. The Hall–Kier alpha value is -0.340. The third kappa shape index (κ3) is 6.97. The summed E-state index contributed by atoms with van der Waals surface area (Å²) in [5.74, 6) is 0. The Morgan fingerprint density at radius 2 is 1.33 bits per heavy atom. The fourth-order valence-electron chi connectivity index (χ4n) is 1.92. The van der Waals surface area contributed by atoms with Gasteiger partial charge in [0.15, 0.2) is 16.3 Å². The summed E-state index contributed by atoms with van der Waals surface area (Å²) < 4.78 is 67.6. The zero-order valence-electron chi connectivity index (χ0n) is 13.5. The summed E-state index contributed by atoms with van der Waals surface area (Å²) in [6, 6.07) is 0. The van der Waals surface area contributed by atoms with Crippen LogP contribution in [-0.4, -0.2) is 55.1 Å². The largest absolute Gasteiger partial charge is 0.743 e. The predicted octanol–water partition coefficient (Wildman–Crippen LogP) is 3.15. The van der Waals surface area contributed by atoms with E-state index in [1.54, 1.807) is 0 Å². The maximum absolute atomic E-state index is 12.3. The molecule has 21 heavy (non-hydrogen) atoms. The Morgan fingerprint density at radius 1 is 1.00 bits per heavy atom. The van der Waals surface area contributed by atoms with E-state index in [2.05, 4.69) is 27.7 Å². The molecule has 0 aliphatic carbocycles. The Labute approximate surface area is 126 Å². The van der Waals surface area contributed by atoms with Gasteiger partial charge in [-0.15, -0.1) is 0 Å². The Balaban J connectivity index is 0. The smallest absolute Gasteiger partial charge is 0.364 e. The SMILES string of the molecule is CCCC(F)C(F)(F)S(=O)(=O)[O-].CC[N+](CC)(CC)CC. The van der Waals surface area contributed by atoms with Crippen molar-refractivity contribution in [1.82, 2.24) is 0 Å². The molecule has 0 fully saturated rings. The molecule has 1 unspecified atom stereocenters. The van der Waals surface area contributed by atoms with Crippen LogP contribution in [-0.2, 0) is 10.1 Å². The normalized spacial score (nSPS) is 14.3. The van der Waals surface area contributed by atoms with Gasteiger partial charge in [0.2, 0.25) is 0 Å². The van der Waals surface area contributed by atoms with Crippen LogP contribution in [0.1, 0.15) is 47.5 Å². The molecule has 0 bridgehead atoms. The molecule has 0 saturated carbocycles. The standard InChI is InChI=1S/C8H20N.C5H9F3O3S/c1-5-9(6-2,7-3)8-4;1-2-3-4(6)5(7,8)12(9,10)11/h5-8H2,1-4H3;4H,2-3H2,1H3,(H,9,10,11)/q+1;/p-1. The summed E-state index contributed by atoms with van der Waals surface area (Å²) >= 11 is 0. The molecule has 0 heterocycles. The van der Waals surface area contributed by atoms with Crippen LogP contribution in [0.15, 0.2) is 0 Å². The highest BCUT2D eigenvalue weighted by molar-refractivity contribution is 7.86. The van der Waals surface area contributed by atoms with Crippen LogP contribution in [0.4, 0.5) is 13.2 Å². The highest BCUT2D eigenvalue weighted by atomic mass is 32.2. The molecule has 0 aromatic heterocycles. The molecular weight excluding hydrogens is 307 g/mol. The minimum Gasteiger partial charge on any atom is -0.743 e. The second kappa shape index (κ2) is 9.63. The van der Waals surface area contributed by atoms with Gasteiger partial charge in [0.25, 0.3) is 0 Å². The number of alkyl halides is 3. The van der Waals surface area contributed by atoms with Crippen molar-refractivity contribution in [2.24, 2.45) is 0 Å². The quantitative estimate of drug-likeness (QED) is 0.506. The van der Waals surface area contributed by atoms with Crippen LogP contribution in [0, 0.1) is 0 Å². The van der Waals surface area contributed by atoms with Crippen molar-refractivity contribution in [2.45, 2.75) is 58.9 Å². The summed E-state index contributed by atoms with van der Waals surface area (Å²) in [6.45, 7) is 15.6. The van der Waals surface area contributed by atoms with Gasteiger partial charge < -0.3 is 9.04 Å². The van der Waals surface area contributed by atoms with Crippen LogP contribution >= 0.6 is 0 Å². The number of halogens is 3. The molecule has 0 N–H and O–H groups in total. The number of hydrogen-bond donors (Lipinski definition) is 0. The highest BCUT2D eigenvalue weighted by Gasteiger charge is 2.46. The molecule has 0 amide bonds. The van der Waals surface area contributed by atoms with Gasteiger partial charge in [-0.05, 0) is 34.1 Å². The van der Waals surface area contributed by atoms with Crippen LogP contribution < -0.4 is 0 Å². The molecule has 0 aromatic carbocycles. The lowest BCUT2D eigenvalue weighted by Gasteiger charge is -2.34. The van der Waals surface area contributed by atoms with Crippen LogP contribution in [0.5, 0.6) is 0 Å². The molecule has 8 heteroatoms. The van der Waals surface area contributed by atoms with Crippen molar-refractivity contribution in [3.05, 3.63) is 0 Å². The van der Waals surface area contributed by atoms with Gasteiger partial charge in [-0.25, -0.2) is 12.8 Å². The molecule has 0 rings (SSSR count). The van der Waals surface area contributed by atoms with Gasteiger partial charge in [0, 0.05) is 0 Å². The lowest BCUT2D eigenvalue weighted by atomic mass is 10.2. The maximum Gasteiger partial charge on any atom is 0.364 e. The van der Waals surface area contributed by atoms with Crippen molar-refractivity contribution >= 4 is 10.1 Å². The van der Waals surface area contributed by atoms with Crippen molar-refractivity contribution in [3.63, 3.8) is 0 Å². The summed E-state index contributed by atoms with van der Waals surface area (Å²) in [7, 11) is -5.88. The molecule has 130 valence electrons. The van der Waals surface area contributed by atoms with E-state index in [0.717, 1.165) is 0 Å². The lowest BCUT2D eigenvalue weighted by molar-refractivity contribution is -0.921. The Kier molecular flexibility index (Phi) is 10.5. The van der Waals surface area contributed by atoms with Crippen LogP contribution in [0.25, 0.3) is 0 Å². The summed E-state index contributed by atoms with van der Waals surface area (Å²) in [4.78, 5) is 0. The van der Waals surface area contributed by atoms with Crippen LogP contribution in [0.3, 0.4) is 0 Å². The molecule has 0 radical (unpaired) electrons. The average molecular weight is 335 g/mol. The zero-order chi connectivity index (χ0) is 17.3. The third-order valence-corrected chi connectivity index (χ3v) is 4.85. The second-order valence-corrected chi connectivity index (χ2v) is 6.33. The van der Waals surface area contributed by atoms with E-state index in [1.807, 2.05) is 0 Å². The molecule has 0 aliphatic rings. The first kappa shape index (κ1) is 22.9. The monoisotopic (exact) mass is 335 g/mol. The number of hydrogen-bond acceptors (Lipinski definition) is 3. The van der Waals surface area contributed by atoms with Crippen molar-refractivity contribution in [3.8, 4) is 0 Å². The van der Waals surface area contributed by atoms with E-state index in [-0.39, 0.29) is 6.42 Å². The number of rotatable bonds is 8. The van der Waals surface area contributed by atoms with E-state index in [1.165, 1.54) is 37.6 Å². The number of nitrogens with zero attached hydrogens (tertiary/aromatic N) is 1. The number of quaternary nitrogens is 1. The molecule has 4 nitrogen and oxygen atoms in total. The van der Waals surface area contributed by atoms with Gasteiger partial charge in [-0.2, -0.15) is 8.78 Å². The van der Waals surface area contributed by atoms with Crippen molar-refractivity contribution < 1.29 is 30.6 Å². The summed E-state index contributed by atoms with van der Waals surface area (Å²) in [5, 5.41) is -4.80. The molecule has 0 spiro atoms. The van der Waals surface area contributed by atoms with E-state index in [9.17, 15) is 26.1 Å². The van der Waals surface area contributed by atoms with E-state index in [4.69, 9.17) is 0 Å². The van der Waals surface area contributed by atoms with E-state index < -0.39 is 28.0 Å². The van der Waals surface area contributed by atoms with Gasteiger partial charge >= 0.3 is 5.25 Å². The maximum atomic E-state index is 12.3. The Morgan fingerprint density at radius 3 is 1.48 bits per heavy atom. The minimum absolute atomic E-state index is 0.0479. The average Bonchev–Trinajstić information content (AvgIpc) is 2.42. The second-order valence-electron chi connectivity index (χ2n) is 4.88. The van der Waals surface area contributed by atoms with Crippen LogP contribution in [0.2, 0.25) is 0 Å². The fraction of sp³-hybridized carbons (Fsp3) is 1.00. The van der Waals surface area contributed by atoms with Gasteiger partial charge in [0.1, 0.15) is 0 Å². The summed E-state index contributed by atoms with van der Waals surface area (Å²) in [5.41, 5.74) is 0. The van der Waals surface area contributed by atoms with Gasteiger partial charge in [0.05, 0.1) is 26.2 Å². The first-order chi connectivity index (χ1) is 9.47. The van der Waals surface area contributed by atoms with Crippen molar-refractivity contribution in [1.29, 1.82) is 0 Å². The van der Waals surface area contributed by atoms with Gasteiger partial charge in [-0.3, -0.25) is 0 Å². The molecular formula is C13H28F3NO3S. The molecule has 0 aromatic rings. The minimum atomic E-state index is -5.88. The van der Waals surface area contributed by atoms with E-state index >= 15 is 0 Å². The van der Waals surface area contributed by atoms with Crippen molar-refractivity contribution in [2.75, 3.05) is 26.2 Å². The fourth-order valence-corrected chi connectivity index (χ4v) is 2.35. The third-order valence-electron chi connectivity index (χ3n) is 3.92. The molecule has 0 saturated heterocycles. The Bertz CT molecular complexity index is 353. The zero-order valence-corrected chi connectivity index (χ0v) is 14.4. The lowest BCUT2D eigenvalue weighted by Crippen LogP contribution is -2.47. The van der Waals surface area contributed by atoms with E-state index in [0.29, 0.717) is 0 Å². The molecule has 1 atom stereocenters. The predicted molar refractivity (Wildman–Crippen MR) is 76.9 cm³/mol. The highest BCUT2D eigenvalue weighted by Crippen LogP contribution is 2.29. The van der Waals surface area contributed by atoms with Gasteiger partial charge in [-0.1, -0.05) is 13.3 Å². The first-order valence-corrected chi connectivity index (χ1v) is 8.71. The summed E-state index contributed by atoms with van der Waals surface area (Å²) in [6.07, 6.45) is -3.51. The molecule has 0 aliphatic heterocycles.